The first kappa shape index (κ1) is 16.3. The standard InChI is InChI=1S/C14H23N3O3/c1-11(2)17(8-3-7-15)14(20)16-9-6-12(10-16)4-5-13(18)19/h11-12H,3-6,8-10H2,1-2H3,(H,18,19). The number of carbonyl (C=O) groups is 2. The lowest BCUT2D eigenvalue weighted by atomic mass is 10.0. The number of nitrogens with zero attached hydrogens (tertiary/aromatic N) is 3. The van der Waals surface area contributed by atoms with E-state index in [-0.39, 0.29) is 24.4 Å². The van der Waals surface area contributed by atoms with Crippen molar-refractivity contribution in [3.63, 3.8) is 0 Å². The highest BCUT2D eigenvalue weighted by Gasteiger charge is 2.30. The van der Waals surface area contributed by atoms with Crippen molar-refractivity contribution in [2.45, 2.75) is 45.6 Å². The summed E-state index contributed by atoms with van der Waals surface area (Å²) < 4.78 is 0. The highest BCUT2D eigenvalue weighted by atomic mass is 16.4. The lowest BCUT2D eigenvalue weighted by Crippen LogP contribution is -2.46. The number of likely N-dealkylation sites (tertiary alicyclic amines) is 1. The van der Waals surface area contributed by atoms with Gasteiger partial charge in [-0.1, -0.05) is 0 Å². The van der Waals surface area contributed by atoms with Gasteiger partial charge in [0.2, 0.25) is 0 Å². The van der Waals surface area contributed by atoms with Gasteiger partial charge in [-0.05, 0) is 32.6 Å². The van der Waals surface area contributed by atoms with E-state index >= 15 is 0 Å². The summed E-state index contributed by atoms with van der Waals surface area (Å²) in [5, 5.41) is 17.3. The molecule has 0 aromatic heterocycles. The summed E-state index contributed by atoms with van der Waals surface area (Å²) in [4.78, 5) is 26.5. The number of carbonyl (C=O) groups excluding carboxylic acids is 1. The van der Waals surface area contributed by atoms with Crippen molar-refractivity contribution in [2.24, 2.45) is 5.92 Å². The molecule has 0 aromatic carbocycles. The number of hydrogen-bond acceptors (Lipinski definition) is 3. The predicted octanol–water partition coefficient (Wildman–Crippen LogP) is 1.92. The fourth-order valence-corrected chi connectivity index (χ4v) is 2.50. The summed E-state index contributed by atoms with van der Waals surface area (Å²) >= 11 is 0. The molecule has 1 aliphatic heterocycles. The van der Waals surface area contributed by atoms with Gasteiger partial charge in [-0.2, -0.15) is 5.26 Å². The van der Waals surface area contributed by atoms with E-state index in [0.717, 1.165) is 6.42 Å². The Hall–Kier alpha value is -1.77. The van der Waals surface area contributed by atoms with Crippen molar-refractivity contribution >= 4 is 12.0 Å². The van der Waals surface area contributed by atoms with Crippen LogP contribution in [-0.4, -0.2) is 52.6 Å². The highest BCUT2D eigenvalue weighted by molar-refractivity contribution is 5.75. The second-order valence-corrected chi connectivity index (χ2v) is 5.51. The molecule has 0 saturated carbocycles. The van der Waals surface area contributed by atoms with E-state index in [1.807, 2.05) is 13.8 Å². The maximum Gasteiger partial charge on any atom is 0.320 e. The van der Waals surface area contributed by atoms with Crippen LogP contribution in [0.2, 0.25) is 0 Å². The van der Waals surface area contributed by atoms with E-state index in [1.165, 1.54) is 0 Å². The van der Waals surface area contributed by atoms with Gasteiger partial charge in [-0.3, -0.25) is 4.79 Å². The molecule has 6 nitrogen and oxygen atoms in total. The third-order valence-electron chi connectivity index (χ3n) is 3.66. The Kier molecular flexibility index (Phi) is 6.29. The molecule has 0 aliphatic carbocycles. The van der Waals surface area contributed by atoms with Crippen molar-refractivity contribution in [2.75, 3.05) is 19.6 Å². The van der Waals surface area contributed by atoms with Crippen molar-refractivity contribution in [3.05, 3.63) is 0 Å². The number of carboxylic acids is 1. The van der Waals surface area contributed by atoms with Gasteiger partial charge in [-0.15, -0.1) is 0 Å². The molecule has 1 saturated heterocycles. The third kappa shape index (κ3) is 4.72. The number of nitriles is 1. The zero-order valence-corrected chi connectivity index (χ0v) is 12.2. The first-order valence-corrected chi connectivity index (χ1v) is 7.10. The normalized spacial score (nSPS) is 18.1. The quantitative estimate of drug-likeness (QED) is 0.806. The molecule has 6 heteroatoms. The molecule has 0 aromatic rings. The molecule has 1 fully saturated rings. The highest BCUT2D eigenvalue weighted by Crippen LogP contribution is 2.22. The number of hydrogen-bond donors (Lipinski definition) is 1. The Morgan fingerprint density at radius 2 is 2.20 bits per heavy atom. The monoisotopic (exact) mass is 281 g/mol. The summed E-state index contributed by atoms with van der Waals surface area (Å²) in [6, 6.07) is 2.09. The molecule has 112 valence electrons. The van der Waals surface area contributed by atoms with Crippen LogP contribution < -0.4 is 0 Å². The Morgan fingerprint density at radius 3 is 2.75 bits per heavy atom. The van der Waals surface area contributed by atoms with E-state index in [4.69, 9.17) is 10.4 Å². The molecule has 0 radical (unpaired) electrons. The minimum Gasteiger partial charge on any atom is -0.481 e. The Labute approximate surface area is 120 Å². The maximum atomic E-state index is 12.4. The second kappa shape index (κ2) is 7.73. The number of carboxylic acid groups (broad SMARTS) is 1. The van der Waals surface area contributed by atoms with E-state index in [0.29, 0.717) is 32.5 Å². The minimum absolute atomic E-state index is 0.0342. The summed E-state index contributed by atoms with van der Waals surface area (Å²) in [6.07, 6.45) is 1.98. The van der Waals surface area contributed by atoms with Crippen LogP contribution in [0.1, 0.15) is 39.5 Å². The fourth-order valence-electron chi connectivity index (χ4n) is 2.50. The van der Waals surface area contributed by atoms with Crippen LogP contribution in [0.3, 0.4) is 0 Å². The number of urea groups is 1. The number of aliphatic carboxylic acids is 1. The summed E-state index contributed by atoms with van der Waals surface area (Å²) in [5.74, 6) is -0.507. The van der Waals surface area contributed by atoms with Crippen LogP contribution in [0.15, 0.2) is 0 Å². The molecule has 2 amide bonds. The first-order valence-electron chi connectivity index (χ1n) is 7.10. The van der Waals surface area contributed by atoms with E-state index in [9.17, 15) is 9.59 Å². The zero-order chi connectivity index (χ0) is 15.1. The summed E-state index contributed by atoms with van der Waals surface area (Å²) in [7, 11) is 0. The average molecular weight is 281 g/mol. The van der Waals surface area contributed by atoms with Crippen molar-refractivity contribution in [1.82, 2.24) is 9.80 Å². The van der Waals surface area contributed by atoms with Crippen molar-refractivity contribution < 1.29 is 14.7 Å². The summed E-state index contributed by atoms with van der Waals surface area (Å²) in [5.41, 5.74) is 0. The van der Waals surface area contributed by atoms with Crippen LogP contribution in [0.25, 0.3) is 0 Å². The maximum absolute atomic E-state index is 12.4. The number of amides is 2. The van der Waals surface area contributed by atoms with E-state index < -0.39 is 5.97 Å². The summed E-state index contributed by atoms with van der Waals surface area (Å²) in [6.45, 7) is 5.63. The largest absolute Gasteiger partial charge is 0.481 e. The van der Waals surface area contributed by atoms with Gasteiger partial charge < -0.3 is 14.9 Å². The molecule has 20 heavy (non-hydrogen) atoms. The van der Waals surface area contributed by atoms with Gasteiger partial charge in [-0.25, -0.2) is 4.79 Å². The molecule has 1 N–H and O–H groups in total. The predicted molar refractivity (Wildman–Crippen MR) is 74.0 cm³/mol. The zero-order valence-electron chi connectivity index (χ0n) is 12.2. The van der Waals surface area contributed by atoms with Crippen LogP contribution >= 0.6 is 0 Å². The molecule has 1 atom stereocenters. The van der Waals surface area contributed by atoms with Crippen LogP contribution in [0, 0.1) is 17.2 Å². The van der Waals surface area contributed by atoms with Gasteiger partial charge in [0.25, 0.3) is 0 Å². The Morgan fingerprint density at radius 1 is 1.50 bits per heavy atom. The lowest BCUT2D eigenvalue weighted by molar-refractivity contribution is -0.137. The molecule has 1 unspecified atom stereocenters. The van der Waals surface area contributed by atoms with E-state index in [2.05, 4.69) is 6.07 Å². The fraction of sp³-hybridized carbons (Fsp3) is 0.786. The van der Waals surface area contributed by atoms with Gasteiger partial charge in [0.05, 0.1) is 12.5 Å². The van der Waals surface area contributed by atoms with Crippen LogP contribution in [-0.2, 0) is 4.79 Å². The molecular weight excluding hydrogens is 258 g/mol. The van der Waals surface area contributed by atoms with Gasteiger partial charge >= 0.3 is 12.0 Å². The minimum atomic E-state index is -0.785. The van der Waals surface area contributed by atoms with Crippen molar-refractivity contribution in [3.8, 4) is 6.07 Å². The average Bonchev–Trinajstić information content (AvgIpc) is 2.85. The number of rotatable bonds is 6. The smallest absolute Gasteiger partial charge is 0.320 e. The second-order valence-electron chi connectivity index (χ2n) is 5.51. The molecule has 1 aliphatic rings. The molecule has 1 heterocycles. The SMILES string of the molecule is CC(C)N(CCC#N)C(=O)N1CCC(CCC(=O)O)C1. The first-order chi connectivity index (χ1) is 9.45. The van der Waals surface area contributed by atoms with E-state index in [1.54, 1.807) is 9.80 Å². The molecular formula is C14H23N3O3. The molecule has 0 bridgehead atoms. The van der Waals surface area contributed by atoms with Gasteiger partial charge in [0.1, 0.15) is 0 Å². The molecule has 1 rings (SSSR count). The third-order valence-corrected chi connectivity index (χ3v) is 3.66. The van der Waals surface area contributed by atoms with Crippen LogP contribution in [0.4, 0.5) is 4.79 Å². The lowest BCUT2D eigenvalue weighted by Gasteiger charge is -2.30. The van der Waals surface area contributed by atoms with Crippen molar-refractivity contribution in [1.29, 1.82) is 5.26 Å². The van der Waals surface area contributed by atoms with Gasteiger partial charge in [0, 0.05) is 32.1 Å². The topological polar surface area (TPSA) is 84.6 Å². The molecule has 0 spiro atoms. The van der Waals surface area contributed by atoms with Crippen LogP contribution in [0.5, 0.6) is 0 Å². The Balaban J connectivity index is 2.50. The Bertz CT molecular complexity index is 390. The van der Waals surface area contributed by atoms with Gasteiger partial charge in [0.15, 0.2) is 0 Å².